The summed E-state index contributed by atoms with van der Waals surface area (Å²) in [5.41, 5.74) is 1.13. The second-order valence-electron chi connectivity index (χ2n) is 7.04. The Balaban J connectivity index is 1.58. The normalized spacial score (nSPS) is 30.7. The lowest BCUT2D eigenvalue weighted by Gasteiger charge is -2.42. The van der Waals surface area contributed by atoms with Crippen molar-refractivity contribution in [3.8, 4) is 5.75 Å². The maximum atomic E-state index is 12.2. The topological polar surface area (TPSA) is 18.5 Å². The molecule has 0 amide bonds. The minimum Gasteiger partial charge on any atom is -0.406 e. The molecule has 0 bridgehead atoms. The van der Waals surface area contributed by atoms with Crippen LogP contribution in [0.25, 0.3) is 0 Å². The monoisotopic (exact) mass is 342 g/mol. The van der Waals surface area contributed by atoms with Crippen molar-refractivity contribution < 1.29 is 22.6 Å². The predicted octanol–water partition coefficient (Wildman–Crippen LogP) is 5.67. The Morgan fingerprint density at radius 2 is 1.62 bits per heavy atom. The molecule has 2 aliphatic rings. The first kappa shape index (κ1) is 17.6. The zero-order chi connectivity index (χ0) is 17.2. The van der Waals surface area contributed by atoms with Gasteiger partial charge in [0, 0.05) is 6.61 Å². The Morgan fingerprint density at radius 1 is 0.958 bits per heavy atom. The molecule has 0 aliphatic heterocycles. The van der Waals surface area contributed by atoms with E-state index in [0.29, 0.717) is 12.0 Å². The van der Waals surface area contributed by atoms with Gasteiger partial charge in [-0.05, 0) is 80.9 Å². The molecule has 2 fully saturated rings. The Bertz CT molecular complexity index is 526. The quantitative estimate of drug-likeness (QED) is 0.701. The molecule has 3 rings (SSSR count). The summed E-state index contributed by atoms with van der Waals surface area (Å²) in [6, 6.07) is 6.44. The molecule has 5 heteroatoms. The fraction of sp³-hybridized carbons (Fsp3) is 0.684. The lowest BCUT2D eigenvalue weighted by molar-refractivity contribution is -0.274. The molecule has 0 radical (unpaired) electrons. The van der Waals surface area contributed by atoms with Gasteiger partial charge in [-0.2, -0.15) is 0 Å². The lowest BCUT2D eigenvalue weighted by atomic mass is 9.65. The van der Waals surface area contributed by atoms with Gasteiger partial charge in [0.2, 0.25) is 0 Å². The Labute approximate surface area is 141 Å². The Hall–Kier alpha value is -1.23. The molecular weight excluding hydrogens is 317 g/mol. The van der Waals surface area contributed by atoms with Crippen LogP contribution in [0, 0.1) is 11.8 Å². The standard InChI is InChI=1S/C19H25F3O2/c1-2-23-18-10-7-15-11-14(3-4-16(15)12-18)13-5-8-17(9-6-13)24-19(20,21)22/h5-6,8-9,14-16,18H,2-4,7,10-12H2,1H3. The second kappa shape index (κ2) is 7.34. The van der Waals surface area contributed by atoms with Crippen LogP contribution in [0.1, 0.15) is 56.9 Å². The van der Waals surface area contributed by atoms with E-state index < -0.39 is 6.36 Å². The number of alkyl halides is 3. The van der Waals surface area contributed by atoms with Gasteiger partial charge < -0.3 is 9.47 Å². The van der Waals surface area contributed by atoms with E-state index in [4.69, 9.17) is 4.74 Å². The third-order valence-corrected chi connectivity index (χ3v) is 5.55. The first-order valence-corrected chi connectivity index (χ1v) is 8.92. The highest BCUT2D eigenvalue weighted by molar-refractivity contribution is 5.30. The molecule has 0 saturated heterocycles. The van der Waals surface area contributed by atoms with E-state index in [-0.39, 0.29) is 5.75 Å². The molecule has 0 spiro atoms. The van der Waals surface area contributed by atoms with E-state index in [1.807, 2.05) is 0 Å². The number of hydrogen-bond acceptors (Lipinski definition) is 2. The smallest absolute Gasteiger partial charge is 0.406 e. The van der Waals surface area contributed by atoms with Gasteiger partial charge in [-0.25, -0.2) is 0 Å². The van der Waals surface area contributed by atoms with E-state index in [2.05, 4.69) is 11.7 Å². The Morgan fingerprint density at radius 3 is 2.29 bits per heavy atom. The highest BCUT2D eigenvalue weighted by atomic mass is 19.4. The van der Waals surface area contributed by atoms with Crippen LogP contribution in [-0.2, 0) is 4.74 Å². The van der Waals surface area contributed by atoms with Crippen molar-refractivity contribution in [1.29, 1.82) is 0 Å². The van der Waals surface area contributed by atoms with Gasteiger partial charge in [-0.3, -0.25) is 0 Å². The fourth-order valence-corrected chi connectivity index (χ4v) is 4.48. The highest BCUT2D eigenvalue weighted by Crippen LogP contribution is 2.46. The van der Waals surface area contributed by atoms with Gasteiger partial charge in [-0.1, -0.05) is 12.1 Å². The highest BCUT2D eigenvalue weighted by Gasteiger charge is 2.36. The first-order chi connectivity index (χ1) is 11.4. The van der Waals surface area contributed by atoms with Crippen molar-refractivity contribution >= 4 is 0 Å². The second-order valence-corrected chi connectivity index (χ2v) is 7.04. The maximum Gasteiger partial charge on any atom is 0.573 e. The van der Waals surface area contributed by atoms with Crippen LogP contribution in [0.15, 0.2) is 24.3 Å². The molecule has 2 saturated carbocycles. The van der Waals surface area contributed by atoms with Gasteiger partial charge in [-0.15, -0.1) is 13.2 Å². The molecule has 2 aliphatic carbocycles. The average Bonchev–Trinajstić information content (AvgIpc) is 2.54. The Kier molecular flexibility index (Phi) is 5.38. The molecule has 4 unspecified atom stereocenters. The molecule has 134 valence electrons. The molecule has 4 atom stereocenters. The summed E-state index contributed by atoms with van der Waals surface area (Å²) >= 11 is 0. The van der Waals surface area contributed by atoms with Gasteiger partial charge in [0.15, 0.2) is 0 Å². The van der Waals surface area contributed by atoms with Crippen molar-refractivity contribution in [2.45, 2.75) is 63.8 Å². The maximum absolute atomic E-state index is 12.2. The molecule has 0 heterocycles. The largest absolute Gasteiger partial charge is 0.573 e. The lowest BCUT2D eigenvalue weighted by Crippen LogP contribution is -2.33. The van der Waals surface area contributed by atoms with Gasteiger partial charge in [0.1, 0.15) is 5.75 Å². The van der Waals surface area contributed by atoms with Crippen LogP contribution in [0.3, 0.4) is 0 Å². The number of halogens is 3. The van der Waals surface area contributed by atoms with Crippen LogP contribution in [-0.4, -0.2) is 19.1 Å². The number of rotatable bonds is 4. The van der Waals surface area contributed by atoms with Crippen LogP contribution >= 0.6 is 0 Å². The van der Waals surface area contributed by atoms with E-state index in [1.54, 1.807) is 12.1 Å². The minimum absolute atomic E-state index is 0.142. The molecule has 1 aromatic carbocycles. The van der Waals surface area contributed by atoms with Crippen LogP contribution in [0.4, 0.5) is 13.2 Å². The summed E-state index contributed by atoms with van der Waals surface area (Å²) in [5.74, 6) is 1.79. The zero-order valence-electron chi connectivity index (χ0n) is 14.0. The van der Waals surface area contributed by atoms with Crippen molar-refractivity contribution in [3.05, 3.63) is 29.8 Å². The van der Waals surface area contributed by atoms with Gasteiger partial charge >= 0.3 is 6.36 Å². The molecule has 2 nitrogen and oxygen atoms in total. The van der Waals surface area contributed by atoms with Crippen molar-refractivity contribution in [1.82, 2.24) is 0 Å². The number of fused-ring (bicyclic) bond motifs is 1. The van der Waals surface area contributed by atoms with Crippen LogP contribution in [0.2, 0.25) is 0 Å². The molecule has 0 aromatic heterocycles. The number of hydrogen-bond donors (Lipinski definition) is 0. The molecular formula is C19H25F3O2. The summed E-state index contributed by atoms with van der Waals surface area (Å²) in [4.78, 5) is 0. The van der Waals surface area contributed by atoms with E-state index >= 15 is 0 Å². The fourth-order valence-electron chi connectivity index (χ4n) is 4.48. The van der Waals surface area contributed by atoms with E-state index in [1.165, 1.54) is 31.4 Å². The molecule has 24 heavy (non-hydrogen) atoms. The summed E-state index contributed by atoms with van der Waals surface area (Å²) in [6.07, 6.45) is 2.76. The number of benzene rings is 1. The summed E-state index contributed by atoms with van der Waals surface area (Å²) in [5, 5.41) is 0. The van der Waals surface area contributed by atoms with Crippen molar-refractivity contribution in [2.24, 2.45) is 11.8 Å². The predicted molar refractivity (Wildman–Crippen MR) is 86.0 cm³/mol. The van der Waals surface area contributed by atoms with Crippen LogP contribution < -0.4 is 4.74 Å². The van der Waals surface area contributed by atoms with Crippen molar-refractivity contribution in [3.63, 3.8) is 0 Å². The van der Waals surface area contributed by atoms with Crippen LogP contribution in [0.5, 0.6) is 5.75 Å². The van der Waals surface area contributed by atoms with Gasteiger partial charge in [0.25, 0.3) is 0 Å². The number of ether oxygens (including phenoxy) is 2. The summed E-state index contributed by atoms with van der Waals surface area (Å²) < 4.78 is 46.4. The molecule has 0 N–H and O–H groups in total. The average molecular weight is 342 g/mol. The van der Waals surface area contributed by atoms with E-state index in [0.717, 1.165) is 43.3 Å². The molecule has 1 aromatic rings. The first-order valence-electron chi connectivity index (χ1n) is 8.92. The summed E-state index contributed by atoms with van der Waals surface area (Å²) in [6.45, 7) is 2.84. The van der Waals surface area contributed by atoms with E-state index in [9.17, 15) is 13.2 Å². The third-order valence-electron chi connectivity index (χ3n) is 5.55. The summed E-state index contributed by atoms with van der Waals surface area (Å²) in [7, 11) is 0. The van der Waals surface area contributed by atoms with Gasteiger partial charge in [0.05, 0.1) is 6.10 Å². The third kappa shape index (κ3) is 4.44. The minimum atomic E-state index is -4.63. The SMILES string of the molecule is CCOC1CCC2CC(c3ccc(OC(F)(F)F)cc3)CCC2C1. The van der Waals surface area contributed by atoms with Crippen molar-refractivity contribution in [2.75, 3.05) is 6.61 Å². The zero-order valence-corrected chi connectivity index (χ0v) is 14.0.